The van der Waals surface area contributed by atoms with Crippen molar-refractivity contribution in [1.82, 2.24) is 35.9 Å². The van der Waals surface area contributed by atoms with Crippen molar-refractivity contribution >= 4 is 40.9 Å². The Labute approximate surface area is 323 Å². The van der Waals surface area contributed by atoms with E-state index in [-0.39, 0.29) is 63.6 Å². The number of aromatic nitrogens is 2. The second kappa shape index (κ2) is 18.2. The lowest BCUT2D eigenvalue weighted by Gasteiger charge is -2.29. The number of nitrogens with one attached hydrogen (secondary N) is 4. The molecule has 2 aromatic carbocycles. The van der Waals surface area contributed by atoms with Gasteiger partial charge in [0.2, 0.25) is 17.7 Å². The Balaban J connectivity index is 1.33. The van der Waals surface area contributed by atoms with Gasteiger partial charge in [0.1, 0.15) is 23.5 Å². The average Bonchev–Trinajstić information content (AvgIpc) is 3.97. The molecule has 0 spiro atoms. The van der Waals surface area contributed by atoms with E-state index in [0.29, 0.717) is 23.6 Å². The molecule has 4 atom stereocenters. The number of likely N-dealkylation sites (tertiary alicyclic amines) is 1. The number of benzene rings is 2. The van der Waals surface area contributed by atoms with E-state index in [0.717, 1.165) is 16.7 Å². The summed E-state index contributed by atoms with van der Waals surface area (Å²) < 4.78 is 11.2. The third-order valence-corrected chi connectivity index (χ3v) is 10.4. The summed E-state index contributed by atoms with van der Waals surface area (Å²) in [6, 6.07) is 17.7. The molecule has 0 unspecified atom stereocenters. The molecule has 55 heavy (non-hydrogen) atoms. The van der Waals surface area contributed by atoms with Crippen molar-refractivity contribution in [3.05, 3.63) is 94.3 Å². The van der Waals surface area contributed by atoms with E-state index in [9.17, 15) is 24.0 Å². The van der Waals surface area contributed by atoms with Crippen LogP contribution in [0.4, 0.5) is 0 Å². The molecule has 6 rings (SSSR count). The number of ether oxygens (including phenoxy) is 2. The number of methoxy groups -OCH3 is 1. The molecule has 14 nitrogen and oxygen atoms in total. The Bertz CT molecular complexity index is 1950. The summed E-state index contributed by atoms with van der Waals surface area (Å²) >= 11 is 1.54. The van der Waals surface area contributed by atoms with Crippen LogP contribution in [0.2, 0.25) is 0 Å². The van der Waals surface area contributed by atoms with Gasteiger partial charge in [-0.3, -0.25) is 29.1 Å². The van der Waals surface area contributed by atoms with E-state index in [4.69, 9.17) is 9.47 Å². The third kappa shape index (κ3) is 10.2. The van der Waals surface area contributed by atoms with E-state index in [1.54, 1.807) is 29.2 Å². The molecule has 2 aliphatic rings. The molecule has 15 heteroatoms. The van der Waals surface area contributed by atoms with Crippen molar-refractivity contribution in [3.8, 4) is 17.0 Å². The van der Waals surface area contributed by atoms with Crippen LogP contribution in [0.15, 0.2) is 77.5 Å². The summed E-state index contributed by atoms with van der Waals surface area (Å²) in [7, 11) is 1.50. The average molecular weight is 770 g/mol. The summed E-state index contributed by atoms with van der Waals surface area (Å²) in [5.41, 5.74) is 3.48. The van der Waals surface area contributed by atoms with E-state index in [1.165, 1.54) is 23.3 Å². The van der Waals surface area contributed by atoms with Crippen LogP contribution in [-0.4, -0.2) is 114 Å². The first kappa shape index (κ1) is 39.2. The molecule has 4 heterocycles. The number of hydrogen-bond acceptors (Lipinski definition) is 9. The third-order valence-electron chi connectivity index (χ3n) is 9.70. The van der Waals surface area contributed by atoms with E-state index >= 15 is 0 Å². The van der Waals surface area contributed by atoms with Crippen LogP contribution in [0.3, 0.4) is 0 Å². The zero-order valence-electron chi connectivity index (χ0n) is 31.2. The molecule has 4 N–H and O–H groups in total. The molecule has 1 fully saturated rings. The van der Waals surface area contributed by atoms with Crippen molar-refractivity contribution in [2.75, 3.05) is 46.5 Å². The molecule has 2 bridgehead atoms. The predicted octanol–water partition coefficient (Wildman–Crippen LogP) is 2.99. The number of thiophene rings is 1. The number of carbonyl (C=O) groups excluding carboxylic acids is 5. The molecule has 2 aliphatic heterocycles. The van der Waals surface area contributed by atoms with E-state index in [1.807, 2.05) is 67.1 Å². The van der Waals surface area contributed by atoms with Crippen molar-refractivity contribution < 1.29 is 33.4 Å². The van der Waals surface area contributed by atoms with Gasteiger partial charge in [-0.15, -0.1) is 0 Å². The van der Waals surface area contributed by atoms with Gasteiger partial charge in [-0.05, 0) is 53.1 Å². The SMILES string of the molecule is COCCN1CC(=O)N[C@@H](Cc2ccccc2)C(=O)N[C@@H]2CN(C(=O)c3cc(-c4ccsc4)n[nH]3)C[C@H]2c2cccc(c2)OCC(=O)N[C@H](CC(C)C)C1=O. The Morgan fingerprint density at radius 1 is 0.964 bits per heavy atom. The lowest BCUT2D eigenvalue weighted by Crippen LogP contribution is -2.56. The van der Waals surface area contributed by atoms with Gasteiger partial charge in [0, 0.05) is 50.0 Å². The molecule has 5 amide bonds. The molecule has 0 radical (unpaired) electrons. The van der Waals surface area contributed by atoms with Crippen molar-refractivity contribution in [1.29, 1.82) is 0 Å². The number of amides is 5. The van der Waals surface area contributed by atoms with Crippen LogP contribution in [0.5, 0.6) is 5.75 Å². The van der Waals surface area contributed by atoms with Crippen molar-refractivity contribution in [2.24, 2.45) is 5.92 Å². The number of carbonyl (C=O) groups is 5. The Kier molecular flexibility index (Phi) is 13.0. The highest BCUT2D eigenvalue weighted by molar-refractivity contribution is 7.08. The predicted molar refractivity (Wildman–Crippen MR) is 206 cm³/mol. The lowest BCUT2D eigenvalue weighted by atomic mass is 9.93. The molecule has 4 aromatic rings. The number of hydrogen-bond donors (Lipinski definition) is 4. The number of aromatic amines is 1. The van der Waals surface area contributed by atoms with Crippen LogP contribution in [-0.2, 0) is 30.3 Å². The monoisotopic (exact) mass is 769 g/mol. The molecule has 0 aliphatic carbocycles. The molecule has 290 valence electrons. The second-order valence-corrected chi connectivity index (χ2v) is 15.1. The standard InChI is InChI=1S/C40H47N7O7S/c1-25(2)16-33-39(51)46(13-14-53-3)22-36(48)41-32(17-26-8-5-4-6-9-26)38(50)43-35-21-47(40(52)34-19-31(44-45-34)28-12-15-55-24-28)20-30(35)27-10-7-11-29(18-27)54-23-37(49)42-33/h4-12,15,18-19,24-25,30,32-33,35H,13-14,16-17,20-23H2,1-3H3,(H,41,48)(H,42,49)(H,43,50)(H,44,45)/t30-,32-,33+,35+/m0/s1. The molecular weight excluding hydrogens is 723 g/mol. The van der Waals surface area contributed by atoms with E-state index in [2.05, 4.69) is 26.1 Å². The van der Waals surface area contributed by atoms with Crippen LogP contribution in [0, 0.1) is 5.92 Å². The largest absolute Gasteiger partial charge is 0.484 e. The topological polar surface area (TPSA) is 175 Å². The maximum Gasteiger partial charge on any atom is 0.271 e. The summed E-state index contributed by atoms with van der Waals surface area (Å²) in [5.74, 6) is -2.10. The summed E-state index contributed by atoms with van der Waals surface area (Å²) in [5, 5.41) is 20.0. The van der Waals surface area contributed by atoms with Gasteiger partial charge in [0.15, 0.2) is 6.61 Å². The Hall–Kier alpha value is -5.54. The summed E-state index contributed by atoms with van der Waals surface area (Å²) in [6.45, 7) is 3.85. The molecule has 2 aromatic heterocycles. The lowest BCUT2D eigenvalue weighted by molar-refractivity contribution is -0.141. The zero-order chi connectivity index (χ0) is 38.9. The zero-order valence-corrected chi connectivity index (χ0v) is 32.0. The van der Waals surface area contributed by atoms with Gasteiger partial charge >= 0.3 is 0 Å². The number of fused-ring (bicyclic) bond motifs is 4. The molecule has 0 saturated carbocycles. The van der Waals surface area contributed by atoms with Gasteiger partial charge in [-0.1, -0.05) is 56.3 Å². The number of rotatable bonds is 9. The van der Waals surface area contributed by atoms with Crippen molar-refractivity contribution in [3.63, 3.8) is 0 Å². The fourth-order valence-corrected chi connectivity index (χ4v) is 7.62. The maximum atomic E-state index is 14.3. The minimum atomic E-state index is -1.01. The summed E-state index contributed by atoms with van der Waals surface area (Å²) in [6.07, 6.45) is 0.510. The highest BCUT2D eigenvalue weighted by Crippen LogP contribution is 2.32. The van der Waals surface area contributed by atoms with Gasteiger partial charge in [0.05, 0.1) is 24.9 Å². The van der Waals surface area contributed by atoms with E-state index < -0.39 is 41.8 Å². The van der Waals surface area contributed by atoms with Gasteiger partial charge in [-0.2, -0.15) is 16.4 Å². The van der Waals surface area contributed by atoms with Crippen molar-refractivity contribution in [2.45, 2.75) is 50.7 Å². The number of H-pyrrole nitrogens is 1. The molecular formula is C40H47N7O7S. The number of nitrogens with zero attached hydrogens (tertiary/aromatic N) is 3. The fraction of sp³-hybridized carbons (Fsp3) is 0.400. The fourth-order valence-electron chi connectivity index (χ4n) is 6.97. The first-order valence-electron chi connectivity index (χ1n) is 18.4. The van der Waals surface area contributed by atoms with Crippen LogP contribution < -0.4 is 20.7 Å². The molecule has 1 saturated heterocycles. The minimum absolute atomic E-state index is 0.0452. The normalized spacial score (nSPS) is 21.2. The van der Waals surface area contributed by atoms with Crippen LogP contribution in [0.25, 0.3) is 11.3 Å². The quantitative estimate of drug-likeness (QED) is 0.201. The van der Waals surface area contributed by atoms with Gasteiger partial charge in [-0.25, -0.2) is 0 Å². The van der Waals surface area contributed by atoms with Gasteiger partial charge in [0.25, 0.3) is 11.8 Å². The first-order chi connectivity index (χ1) is 26.6. The van der Waals surface area contributed by atoms with Crippen LogP contribution in [0.1, 0.15) is 47.8 Å². The Morgan fingerprint density at radius 3 is 2.51 bits per heavy atom. The highest BCUT2D eigenvalue weighted by Gasteiger charge is 2.39. The first-order valence-corrected chi connectivity index (χ1v) is 19.3. The van der Waals surface area contributed by atoms with Gasteiger partial charge < -0.3 is 35.2 Å². The highest BCUT2D eigenvalue weighted by atomic mass is 32.1. The maximum absolute atomic E-state index is 14.3. The second-order valence-electron chi connectivity index (χ2n) is 14.3. The minimum Gasteiger partial charge on any atom is -0.484 e. The summed E-state index contributed by atoms with van der Waals surface area (Å²) in [4.78, 5) is 72.2. The smallest absolute Gasteiger partial charge is 0.271 e. The van der Waals surface area contributed by atoms with Crippen LogP contribution >= 0.6 is 11.3 Å². The Morgan fingerprint density at radius 2 is 1.76 bits per heavy atom.